The Balaban J connectivity index is 2.44. The summed E-state index contributed by atoms with van der Waals surface area (Å²) in [6, 6.07) is 0.0138. The van der Waals surface area contributed by atoms with Gasteiger partial charge >= 0.3 is 0 Å². The van der Waals surface area contributed by atoms with Crippen molar-refractivity contribution in [2.45, 2.75) is 46.1 Å². The van der Waals surface area contributed by atoms with E-state index in [0.717, 1.165) is 38.9 Å². The van der Waals surface area contributed by atoms with E-state index in [1.807, 2.05) is 4.90 Å². The molecule has 1 rings (SSSR count). The molecule has 100 valence electrons. The van der Waals surface area contributed by atoms with E-state index < -0.39 is 0 Å². The Bertz CT molecular complexity index is 254. The Morgan fingerprint density at radius 1 is 1.53 bits per heavy atom. The molecule has 1 fully saturated rings. The second kappa shape index (κ2) is 6.36. The normalized spacial score (nSPS) is 21.3. The van der Waals surface area contributed by atoms with E-state index in [2.05, 4.69) is 26.1 Å². The van der Waals surface area contributed by atoms with Gasteiger partial charge in [-0.05, 0) is 31.2 Å². The number of aliphatic hydroxyl groups is 1. The van der Waals surface area contributed by atoms with Gasteiger partial charge in [0.25, 0.3) is 0 Å². The summed E-state index contributed by atoms with van der Waals surface area (Å²) in [4.78, 5) is 14.0. The van der Waals surface area contributed by atoms with Gasteiger partial charge in [0.2, 0.25) is 5.91 Å². The summed E-state index contributed by atoms with van der Waals surface area (Å²) in [5.74, 6) is 0.226. The first-order valence-electron chi connectivity index (χ1n) is 6.63. The van der Waals surface area contributed by atoms with Crippen LogP contribution >= 0.6 is 0 Å². The van der Waals surface area contributed by atoms with E-state index in [0.29, 0.717) is 0 Å². The van der Waals surface area contributed by atoms with Crippen molar-refractivity contribution in [3.63, 3.8) is 0 Å². The fraction of sp³-hybridized carbons (Fsp3) is 0.923. The molecule has 1 aliphatic rings. The molecule has 0 saturated carbocycles. The highest BCUT2D eigenvalue weighted by Crippen LogP contribution is 2.24. The van der Waals surface area contributed by atoms with Crippen molar-refractivity contribution in [3.05, 3.63) is 0 Å². The lowest BCUT2D eigenvalue weighted by molar-refractivity contribution is -0.130. The number of amides is 1. The quantitative estimate of drug-likeness (QED) is 0.700. The molecule has 0 aromatic carbocycles. The van der Waals surface area contributed by atoms with Crippen LogP contribution in [0.1, 0.15) is 40.0 Å². The highest BCUT2D eigenvalue weighted by atomic mass is 16.3. The van der Waals surface area contributed by atoms with Crippen molar-refractivity contribution in [1.82, 2.24) is 10.2 Å². The fourth-order valence-corrected chi connectivity index (χ4v) is 2.30. The van der Waals surface area contributed by atoms with Gasteiger partial charge in [0.05, 0.1) is 6.04 Å². The Morgan fingerprint density at radius 3 is 2.82 bits per heavy atom. The van der Waals surface area contributed by atoms with Gasteiger partial charge in [-0.3, -0.25) is 4.79 Å². The van der Waals surface area contributed by atoms with Gasteiger partial charge in [0, 0.05) is 19.7 Å². The first kappa shape index (κ1) is 14.5. The molecule has 4 nitrogen and oxygen atoms in total. The number of nitrogens with one attached hydrogen (secondary N) is 1. The van der Waals surface area contributed by atoms with Crippen LogP contribution in [0.15, 0.2) is 0 Å². The van der Waals surface area contributed by atoms with Crippen LogP contribution in [0.5, 0.6) is 0 Å². The summed E-state index contributed by atoms with van der Waals surface area (Å²) >= 11 is 0. The number of carbonyl (C=O) groups excluding carboxylic acids is 1. The van der Waals surface area contributed by atoms with E-state index in [-0.39, 0.29) is 24.0 Å². The summed E-state index contributed by atoms with van der Waals surface area (Å²) in [5, 5.41) is 12.3. The zero-order chi connectivity index (χ0) is 12.9. The van der Waals surface area contributed by atoms with Gasteiger partial charge in [0.15, 0.2) is 0 Å². The number of nitrogens with zero attached hydrogens (tertiary/aromatic N) is 1. The number of hydrogen-bond donors (Lipinski definition) is 2. The molecule has 0 bridgehead atoms. The highest BCUT2D eigenvalue weighted by molar-refractivity contribution is 5.84. The molecule has 1 saturated heterocycles. The van der Waals surface area contributed by atoms with E-state index in [1.165, 1.54) is 0 Å². The first-order valence-corrected chi connectivity index (χ1v) is 6.63. The number of aliphatic hydroxyl groups excluding tert-OH is 1. The molecule has 2 N–H and O–H groups in total. The molecular weight excluding hydrogens is 216 g/mol. The van der Waals surface area contributed by atoms with Gasteiger partial charge in [-0.1, -0.05) is 20.8 Å². The third-order valence-corrected chi connectivity index (χ3v) is 3.35. The molecule has 1 atom stereocenters. The lowest BCUT2D eigenvalue weighted by Crippen LogP contribution is -2.42. The lowest BCUT2D eigenvalue weighted by atomic mass is 9.89. The second-order valence-electron chi connectivity index (χ2n) is 5.69. The molecule has 1 unspecified atom stereocenters. The largest absolute Gasteiger partial charge is 0.396 e. The zero-order valence-corrected chi connectivity index (χ0v) is 11.3. The molecule has 1 amide bonds. The molecule has 1 aliphatic heterocycles. The maximum absolute atomic E-state index is 12.1. The average Bonchev–Trinajstić information content (AvgIpc) is 2.57. The third kappa shape index (κ3) is 4.28. The summed E-state index contributed by atoms with van der Waals surface area (Å²) in [6.07, 6.45) is 2.71. The molecule has 0 spiro atoms. The van der Waals surface area contributed by atoms with Crippen LogP contribution in [0, 0.1) is 5.41 Å². The number of rotatable bonds is 7. The molecule has 0 aromatic heterocycles. The van der Waals surface area contributed by atoms with Crippen molar-refractivity contribution < 1.29 is 9.90 Å². The number of carbonyl (C=O) groups is 1. The maximum Gasteiger partial charge on any atom is 0.239 e. The first-order chi connectivity index (χ1) is 8.00. The molecule has 17 heavy (non-hydrogen) atoms. The number of hydrogen-bond acceptors (Lipinski definition) is 3. The Hall–Kier alpha value is -0.610. The Kier molecular flexibility index (Phi) is 5.40. The van der Waals surface area contributed by atoms with Crippen molar-refractivity contribution in [3.8, 4) is 0 Å². The van der Waals surface area contributed by atoms with Gasteiger partial charge in [-0.25, -0.2) is 0 Å². The van der Waals surface area contributed by atoms with Crippen LogP contribution in [0.25, 0.3) is 0 Å². The van der Waals surface area contributed by atoms with Crippen molar-refractivity contribution in [2.24, 2.45) is 5.41 Å². The maximum atomic E-state index is 12.1. The minimum atomic E-state index is 0.00402. The minimum absolute atomic E-state index is 0.00402. The van der Waals surface area contributed by atoms with Crippen LogP contribution in [-0.4, -0.2) is 48.2 Å². The molecule has 0 aliphatic carbocycles. The molecule has 4 heteroatoms. The predicted octanol–water partition coefficient (Wildman–Crippen LogP) is 0.995. The fourth-order valence-electron chi connectivity index (χ4n) is 2.30. The van der Waals surface area contributed by atoms with Crippen LogP contribution in [0.2, 0.25) is 0 Å². The van der Waals surface area contributed by atoms with Crippen LogP contribution in [0.3, 0.4) is 0 Å². The summed E-state index contributed by atoms with van der Waals surface area (Å²) in [5.41, 5.74) is 0.00402. The van der Waals surface area contributed by atoms with Gasteiger partial charge in [-0.2, -0.15) is 0 Å². The van der Waals surface area contributed by atoms with Gasteiger partial charge in [0.1, 0.15) is 0 Å². The Labute approximate surface area is 104 Å². The van der Waals surface area contributed by atoms with E-state index in [9.17, 15) is 4.79 Å². The summed E-state index contributed by atoms with van der Waals surface area (Å²) < 4.78 is 0. The van der Waals surface area contributed by atoms with Crippen LogP contribution < -0.4 is 5.32 Å². The van der Waals surface area contributed by atoms with E-state index >= 15 is 0 Å². The monoisotopic (exact) mass is 242 g/mol. The molecule has 0 radical (unpaired) electrons. The molecule has 0 aromatic rings. The van der Waals surface area contributed by atoms with Crippen LogP contribution in [0.4, 0.5) is 0 Å². The Morgan fingerprint density at radius 2 is 2.24 bits per heavy atom. The molecular formula is C13H26N2O2. The predicted molar refractivity (Wildman–Crippen MR) is 68.8 cm³/mol. The van der Waals surface area contributed by atoms with Gasteiger partial charge in [-0.15, -0.1) is 0 Å². The van der Waals surface area contributed by atoms with Gasteiger partial charge < -0.3 is 15.3 Å². The minimum Gasteiger partial charge on any atom is -0.396 e. The second-order valence-corrected chi connectivity index (χ2v) is 5.69. The average molecular weight is 242 g/mol. The standard InChI is InChI=1S/C13H26N2O2/c1-4-7-14-11-5-8-15(12(11)17)10-13(2,3)6-9-16/h11,14,16H,4-10H2,1-3H3. The lowest BCUT2D eigenvalue weighted by Gasteiger charge is -2.29. The SMILES string of the molecule is CCCNC1CCN(CC(C)(C)CCO)C1=O. The van der Waals surface area contributed by atoms with Crippen molar-refractivity contribution in [2.75, 3.05) is 26.2 Å². The van der Waals surface area contributed by atoms with Crippen molar-refractivity contribution >= 4 is 5.91 Å². The summed E-state index contributed by atoms with van der Waals surface area (Å²) in [6.45, 7) is 8.99. The number of likely N-dealkylation sites (tertiary alicyclic amines) is 1. The van der Waals surface area contributed by atoms with Crippen LogP contribution in [-0.2, 0) is 4.79 Å². The van der Waals surface area contributed by atoms with E-state index in [1.54, 1.807) is 0 Å². The topological polar surface area (TPSA) is 52.6 Å². The highest BCUT2D eigenvalue weighted by Gasteiger charge is 2.34. The summed E-state index contributed by atoms with van der Waals surface area (Å²) in [7, 11) is 0. The molecule has 1 heterocycles. The zero-order valence-electron chi connectivity index (χ0n) is 11.3. The third-order valence-electron chi connectivity index (χ3n) is 3.35. The van der Waals surface area contributed by atoms with E-state index in [4.69, 9.17) is 5.11 Å². The van der Waals surface area contributed by atoms with Crippen molar-refractivity contribution in [1.29, 1.82) is 0 Å². The smallest absolute Gasteiger partial charge is 0.239 e.